The summed E-state index contributed by atoms with van der Waals surface area (Å²) < 4.78 is 6.21. The zero-order chi connectivity index (χ0) is 16.1. The summed E-state index contributed by atoms with van der Waals surface area (Å²) in [4.78, 5) is 27.3. The maximum Gasteiger partial charge on any atom is 0.219 e. The lowest BCUT2D eigenvalue weighted by Gasteiger charge is -2.36. The van der Waals surface area contributed by atoms with Crippen LogP contribution in [0.1, 0.15) is 46.5 Å². The highest BCUT2D eigenvalue weighted by molar-refractivity contribution is 5.82. The van der Waals surface area contributed by atoms with Crippen molar-refractivity contribution >= 4 is 11.7 Å². The molecule has 2 aliphatic heterocycles. The van der Waals surface area contributed by atoms with Crippen molar-refractivity contribution in [3.05, 3.63) is 0 Å². The Hall–Kier alpha value is -0.940. The number of nitrogens with zero attached hydrogens (tertiary/aromatic N) is 2. The van der Waals surface area contributed by atoms with Crippen LogP contribution in [0.5, 0.6) is 0 Å². The fraction of sp³-hybridized carbons (Fsp3) is 0.882. The van der Waals surface area contributed by atoms with E-state index in [2.05, 4.69) is 4.90 Å². The van der Waals surface area contributed by atoms with Crippen LogP contribution in [0.3, 0.4) is 0 Å². The largest absolute Gasteiger partial charge is 0.375 e. The van der Waals surface area contributed by atoms with E-state index in [1.165, 1.54) is 0 Å². The molecule has 0 atom stereocenters. The fourth-order valence-electron chi connectivity index (χ4n) is 3.19. The van der Waals surface area contributed by atoms with Gasteiger partial charge in [-0.2, -0.15) is 0 Å². The summed E-state index contributed by atoms with van der Waals surface area (Å²) in [7, 11) is 0. The number of ketones is 1. The van der Waals surface area contributed by atoms with Gasteiger partial charge in [0.1, 0.15) is 5.78 Å². The van der Waals surface area contributed by atoms with Gasteiger partial charge in [-0.15, -0.1) is 0 Å². The summed E-state index contributed by atoms with van der Waals surface area (Å²) in [5.41, 5.74) is 0. The molecule has 0 saturated carbocycles. The van der Waals surface area contributed by atoms with E-state index in [-0.39, 0.29) is 11.8 Å². The SMILES string of the molecule is CC(=O)N1CCC(OC2CCN(CC(=O)C(C)C)CC2)CC1. The van der Waals surface area contributed by atoms with E-state index >= 15 is 0 Å². The number of amides is 1. The van der Waals surface area contributed by atoms with Crippen LogP contribution in [0.2, 0.25) is 0 Å². The number of ether oxygens (including phenoxy) is 1. The van der Waals surface area contributed by atoms with Crippen LogP contribution in [0, 0.1) is 5.92 Å². The van der Waals surface area contributed by atoms with Gasteiger partial charge in [-0.1, -0.05) is 13.8 Å². The first-order chi connectivity index (χ1) is 10.5. The number of carbonyl (C=O) groups is 2. The predicted molar refractivity (Wildman–Crippen MR) is 85.7 cm³/mol. The maximum absolute atomic E-state index is 11.8. The van der Waals surface area contributed by atoms with Gasteiger partial charge >= 0.3 is 0 Å². The van der Waals surface area contributed by atoms with E-state index in [1.54, 1.807) is 6.92 Å². The van der Waals surface area contributed by atoms with E-state index in [9.17, 15) is 9.59 Å². The van der Waals surface area contributed by atoms with Gasteiger partial charge in [0.05, 0.1) is 18.8 Å². The first kappa shape index (κ1) is 17.4. The van der Waals surface area contributed by atoms with Crippen molar-refractivity contribution in [3.63, 3.8) is 0 Å². The molecule has 1 amide bonds. The smallest absolute Gasteiger partial charge is 0.219 e. The van der Waals surface area contributed by atoms with Crippen LogP contribution in [-0.4, -0.2) is 66.4 Å². The molecule has 5 heteroatoms. The minimum absolute atomic E-state index is 0.125. The van der Waals surface area contributed by atoms with Gasteiger partial charge in [-0.05, 0) is 25.7 Å². The fourth-order valence-corrected chi connectivity index (χ4v) is 3.19. The number of hydrogen-bond acceptors (Lipinski definition) is 4. The Bertz CT molecular complexity index is 381. The summed E-state index contributed by atoms with van der Waals surface area (Å²) in [5, 5.41) is 0. The van der Waals surface area contributed by atoms with E-state index in [0.29, 0.717) is 24.5 Å². The second-order valence-electron chi connectivity index (χ2n) is 6.94. The van der Waals surface area contributed by atoms with E-state index in [0.717, 1.165) is 51.9 Å². The van der Waals surface area contributed by atoms with Crippen LogP contribution in [-0.2, 0) is 14.3 Å². The number of likely N-dealkylation sites (tertiary alicyclic amines) is 2. The molecule has 0 aromatic carbocycles. The minimum Gasteiger partial charge on any atom is -0.375 e. The maximum atomic E-state index is 11.8. The van der Waals surface area contributed by atoms with Gasteiger partial charge in [-0.3, -0.25) is 14.5 Å². The zero-order valence-electron chi connectivity index (χ0n) is 14.2. The van der Waals surface area contributed by atoms with Crippen LogP contribution in [0.4, 0.5) is 0 Å². The Morgan fingerprint density at radius 1 is 1.00 bits per heavy atom. The summed E-state index contributed by atoms with van der Waals surface area (Å²) in [6.45, 7) is 9.70. The molecular formula is C17H30N2O3. The topological polar surface area (TPSA) is 49.9 Å². The molecule has 0 bridgehead atoms. The van der Waals surface area contributed by atoms with Crippen molar-refractivity contribution in [2.75, 3.05) is 32.7 Å². The van der Waals surface area contributed by atoms with Crippen LogP contribution < -0.4 is 0 Å². The number of rotatable bonds is 5. The molecule has 2 fully saturated rings. The summed E-state index contributed by atoms with van der Waals surface area (Å²) >= 11 is 0. The number of hydrogen-bond donors (Lipinski definition) is 0. The molecule has 0 aliphatic carbocycles. The highest BCUT2D eigenvalue weighted by Gasteiger charge is 2.27. The van der Waals surface area contributed by atoms with Crippen molar-refractivity contribution in [2.24, 2.45) is 5.92 Å². The molecule has 0 radical (unpaired) electrons. The Labute approximate surface area is 134 Å². The molecule has 2 rings (SSSR count). The molecule has 0 unspecified atom stereocenters. The third-order valence-corrected chi connectivity index (χ3v) is 4.83. The van der Waals surface area contributed by atoms with Crippen molar-refractivity contribution < 1.29 is 14.3 Å². The average molecular weight is 310 g/mol. The van der Waals surface area contributed by atoms with Crippen LogP contribution in [0.15, 0.2) is 0 Å². The van der Waals surface area contributed by atoms with Gasteiger partial charge < -0.3 is 9.64 Å². The third-order valence-electron chi connectivity index (χ3n) is 4.83. The first-order valence-electron chi connectivity index (χ1n) is 8.61. The van der Waals surface area contributed by atoms with Crippen LogP contribution in [0.25, 0.3) is 0 Å². The van der Waals surface area contributed by atoms with E-state index in [1.807, 2.05) is 18.7 Å². The Balaban J connectivity index is 1.66. The first-order valence-corrected chi connectivity index (χ1v) is 8.61. The van der Waals surface area contributed by atoms with Crippen molar-refractivity contribution in [3.8, 4) is 0 Å². The number of piperidine rings is 2. The molecule has 2 heterocycles. The molecular weight excluding hydrogens is 280 g/mol. The second kappa shape index (κ2) is 8.06. The molecule has 0 N–H and O–H groups in total. The standard InChI is InChI=1S/C17H30N2O3/c1-13(2)17(21)12-18-8-4-15(5-9-18)22-16-6-10-19(11-7-16)14(3)20/h13,15-16H,4-12H2,1-3H3. The molecule has 0 aromatic rings. The summed E-state index contributed by atoms with van der Waals surface area (Å²) in [5.74, 6) is 0.623. The highest BCUT2D eigenvalue weighted by Crippen LogP contribution is 2.21. The van der Waals surface area contributed by atoms with Gasteiger partial charge in [0.2, 0.25) is 5.91 Å². The summed E-state index contributed by atoms with van der Waals surface area (Å²) in [6, 6.07) is 0. The average Bonchev–Trinajstić information content (AvgIpc) is 2.49. The van der Waals surface area contributed by atoms with E-state index in [4.69, 9.17) is 4.74 Å². The van der Waals surface area contributed by atoms with Crippen molar-refractivity contribution in [1.29, 1.82) is 0 Å². The molecule has 2 aliphatic rings. The Kier molecular flexibility index (Phi) is 6.38. The second-order valence-corrected chi connectivity index (χ2v) is 6.94. The summed E-state index contributed by atoms with van der Waals surface area (Å²) in [6.07, 6.45) is 4.54. The number of carbonyl (C=O) groups excluding carboxylic acids is 2. The van der Waals surface area contributed by atoms with Gasteiger partial charge in [0, 0.05) is 39.0 Å². The number of Topliss-reactive ketones (excluding diaryl/α,β-unsaturated/α-hetero) is 1. The zero-order valence-corrected chi connectivity index (χ0v) is 14.2. The van der Waals surface area contributed by atoms with Gasteiger partial charge in [-0.25, -0.2) is 0 Å². The Morgan fingerprint density at radius 2 is 1.50 bits per heavy atom. The highest BCUT2D eigenvalue weighted by atomic mass is 16.5. The predicted octanol–water partition coefficient (Wildman–Crippen LogP) is 1.70. The Morgan fingerprint density at radius 3 is 1.95 bits per heavy atom. The lowest BCUT2D eigenvalue weighted by atomic mass is 10.0. The van der Waals surface area contributed by atoms with Crippen molar-refractivity contribution in [1.82, 2.24) is 9.80 Å². The molecule has 0 aromatic heterocycles. The van der Waals surface area contributed by atoms with Gasteiger partial charge in [0.15, 0.2) is 0 Å². The van der Waals surface area contributed by atoms with Crippen molar-refractivity contribution in [2.45, 2.75) is 58.7 Å². The molecule has 5 nitrogen and oxygen atoms in total. The van der Waals surface area contributed by atoms with Gasteiger partial charge in [0.25, 0.3) is 0 Å². The molecule has 2 saturated heterocycles. The molecule has 126 valence electrons. The third kappa shape index (κ3) is 5.06. The minimum atomic E-state index is 0.125. The normalized spacial score (nSPS) is 22.3. The van der Waals surface area contributed by atoms with Crippen LogP contribution >= 0.6 is 0 Å². The lowest BCUT2D eigenvalue weighted by Crippen LogP contribution is -2.44. The van der Waals surface area contributed by atoms with E-state index < -0.39 is 0 Å². The quantitative estimate of drug-likeness (QED) is 0.775. The molecule has 22 heavy (non-hydrogen) atoms. The lowest BCUT2D eigenvalue weighted by molar-refractivity contribution is -0.133. The monoisotopic (exact) mass is 310 g/mol. The molecule has 0 spiro atoms.